The van der Waals surface area contributed by atoms with Crippen LogP contribution in [0, 0.1) is 0 Å². The second-order valence-corrected chi connectivity index (χ2v) is 6.78. The van der Waals surface area contributed by atoms with Gasteiger partial charge in [0.1, 0.15) is 0 Å². The number of esters is 1. The van der Waals surface area contributed by atoms with Crippen LogP contribution in [0.15, 0.2) is 60.7 Å². The van der Waals surface area contributed by atoms with E-state index in [2.05, 4.69) is 0 Å². The molecular formula is C16H16O3Se. The molecule has 0 aliphatic heterocycles. The van der Waals surface area contributed by atoms with E-state index in [0.717, 1.165) is 10.0 Å². The normalized spacial score (nSPS) is 13.5. The number of methoxy groups -OCH3 is 1. The molecule has 0 spiro atoms. The van der Waals surface area contributed by atoms with E-state index in [1.54, 1.807) is 0 Å². The number of aliphatic hydroxyl groups excluding tert-OH is 1. The third kappa shape index (κ3) is 3.70. The molecule has 2 rings (SSSR count). The Balaban J connectivity index is 2.22. The zero-order chi connectivity index (χ0) is 14.4. The summed E-state index contributed by atoms with van der Waals surface area (Å²) in [6.45, 7) is 0. The van der Waals surface area contributed by atoms with Crippen molar-refractivity contribution < 1.29 is 14.6 Å². The van der Waals surface area contributed by atoms with Crippen LogP contribution in [0.1, 0.15) is 11.7 Å². The first-order chi connectivity index (χ1) is 9.72. The van der Waals surface area contributed by atoms with E-state index < -0.39 is 10.9 Å². The number of aliphatic hydroxyl groups is 1. The Bertz CT molecular complexity index is 542. The van der Waals surface area contributed by atoms with Crippen molar-refractivity contribution in [1.29, 1.82) is 0 Å². The molecule has 0 fully saturated rings. The number of hydrogen-bond donors (Lipinski definition) is 1. The van der Waals surface area contributed by atoms with E-state index in [1.165, 1.54) is 7.11 Å². The maximum absolute atomic E-state index is 12.0. The number of rotatable bonds is 5. The number of hydrogen-bond acceptors (Lipinski definition) is 3. The zero-order valence-corrected chi connectivity index (χ0v) is 12.8. The fraction of sp³-hybridized carbons (Fsp3) is 0.188. The van der Waals surface area contributed by atoms with Gasteiger partial charge in [-0.15, -0.1) is 0 Å². The van der Waals surface area contributed by atoms with Gasteiger partial charge in [-0.25, -0.2) is 0 Å². The molecule has 1 N–H and O–H groups in total. The molecule has 0 radical (unpaired) electrons. The molecule has 0 unspecified atom stereocenters. The predicted octanol–water partition coefficient (Wildman–Crippen LogP) is 1.71. The molecule has 4 heteroatoms. The van der Waals surface area contributed by atoms with Gasteiger partial charge in [-0.1, -0.05) is 0 Å². The SMILES string of the molecule is COC(=O)[C@@H]([Se]c1ccccc1)[C@H](O)c1ccccc1. The van der Waals surface area contributed by atoms with Crippen molar-refractivity contribution in [3.8, 4) is 0 Å². The summed E-state index contributed by atoms with van der Waals surface area (Å²) < 4.78 is 5.90. The third-order valence-corrected chi connectivity index (χ3v) is 5.49. The van der Waals surface area contributed by atoms with Crippen molar-refractivity contribution in [3.05, 3.63) is 66.2 Å². The molecule has 104 valence electrons. The van der Waals surface area contributed by atoms with Gasteiger partial charge < -0.3 is 0 Å². The number of carbonyl (C=O) groups excluding carboxylic acids is 1. The quantitative estimate of drug-likeness (QED) is 0.668. The summed E-state index contributed by atoms with van der Waals surface area (Å²) in [4.78, 5) is 11.4. The van der Waals surface area contributed by atoms with Crippen molar-refractivity contribution in [1.82, 2.24) is 0 Å². The second kappa shape index (κ2) is 7.25. The first-order valence-corrected chi connectivity index (χ1v) is 8.09. The number of ether oxygens (including phenoxy) is 1. The minimum absolute atomic E-state index is 0.191. The van der Waals surface area contributed by atoms with Crippen molar-refractivity contribution in [2.45, 2.75) is 10.9 Å². The fourth-order valence-electron chi connectivity index (χ4n) is 1.83. The average molecular weight is 335 g/mol. The third-order valence-electron chi connectivity index (χ3n) is 2.87. The van der Waals surface area contributed by atoms with Crippen LogP contribution in [0.3, 0.4) is 0 Å². The predicted molar refractivity (Wildman–Crippen MR) is 79.0 cm³/mol. The van der Waals surface area contributed by atoms with Crippen LogP contribution in [-0.4, -0.2) is 33.1 Å². The monoisotopic (exact) mass is 336 g/mol. The van der Waals surface area contributed by atoms with Gasteiger partial charge in [0, 0.05) is 0 Å². The molecule has 20 heavy (non-hydrogen) atoms. The van der Waals surface area contributed by atoms with Crippen molar-refractivity contribution in [3.63, 3.8) is 0 Å². The van der Waals surface area contributed by atoms with Gasteiger partial charge in [0.05, 0.1) is 0 Å². The summed E-state index contributed by atoms with van der Waals surface area (Å²) >= 11 is -0.191. The van der Waals surface area contributed by atoms with Crippen LogP contribution >= 0.6 is 0 Å². The standard InChI is InChI=1S/C16H16O3Se/c1-19-16(18)15(20-13-10-6-3-7-11-13)14(17)12-8-4-2-5-9-12/h2-11,14-15,17H,1H3/t14-,15+/m1/s1. The number of benzene rings is 2. The Kier molecular flexibility index (Phi) is 5.36. The summed E-state index contributed by atoms with van der Waals surface area (Å²) in [5.74, 6) is -0.370. The van der Waals surface area contributed by atoms with Crippen molar-refractivity contribution in [2.24, 2.45) is 0 Å². The van der Waals surface area contributed by atoms with Crippen molar-refractivity contribution >= 4 is 25.4 Å². The molecule has 0 aromatic heterocycles. The van der Waals surface area contributed by atoms with E-state index in [-0.39, 0.29) is 20.9 Å². The number of carbonyl (C=O) groups is 1. The molecule has 2 aromatic carbocycles. The fourth-order valence-corrected chi connectivity index (χ4v) is 4.11. The van der Waals surface area contributed by atoms with E-state index in [9.17, 15) is 9.90 Å². The summed E-state index contributed by atoms with van der Waals surface area (Å²) in [7, 11) is 1.36. The summed E-state index contributed by atoms with van der Waals surface area (Å²) in [5.41, 5.74) is 0.737. The van der Waals surface area contributed by atoms with Crippen LogP contribution in [0.2, 0.25) is 4.82 Å². The summed E-state index contributed by atoms with van der Waals surface area (Å²) in [5, 5.41) is 10.5. The van der Waals surface area contributed by atoms with Crippen LogP contribution in [0.25, 0.3) is 0 Å². The Labute approximate surface area is 124 Å². The molecule has 0 aliphatic rings. The van der Waals surface area contributed by atoms with Gasteiger partial charge >= 0.3 is 124 Å². The Morgan fingerprint density at radius 3 is 2.15 bits per heavy atom. The molecule has 0 amide bonds. The average Bonchev–Trinajstić information content (AvgIpc) is 2.53. The van der Waals surface area contributed by atoms with Gasteiger partial charge in [-0.05, 0) is 0 Å². The van der Waals surface area contributed by atoms with Crippen LogP contribution in [-0.2, 0) is 9.53 Å². The zero-order valence-electron chi connectivity index (χ0n) is 11.1. The first kappa shape index (κ1) is 14.8. The van der Waals surface area contributed by atoms with Gasteiger partial charge in [0.2, 0.25) is 0 Å². The molecule has 0 heterocycles. The van der Waals surface area contributed by atoms with E-state index in [4.69, 9.17) is 4.74 Å². The van der Waals surface area contributed by atoms with E-state index in [0.29, 0.717) is 0 Å². The molecule has 0 saturated heterocycles. The van der Waals surface area contributed by atoms with Crippen LogP contribution in [0.5, 0.6) is 0 Å². The van der Waals surface area contributed by atoms with E-state index in [1.807, 2.05) is 60.7 Å². The molecule has 0 bridgehead atoms. The molecule has 2 aromatic rings. The Hall–Kier alpha value is -1.61. The van der Waals surface area contributed by atoms with Crippen molar-refractivity contribution in [2.75, 3.05) is 7.11 Å². The van der Waals surface area contributed by atoms with Gasteiger partial charge in [-0.2, -0.15) is 0 Å². The molecule has 2 atom stereocenters. The maximum atomic E-state index is 12.0. The first-order valence-electron chi connectivity index (χ1n) is 6.25. The molecule has 0 saturated carbocycles. The van der Waals surface area contributed by atoms with Gasteiger partial charge in [0.15, 0.2) is 0 Å². The van der Waals surface area contributed by atoms with Crippen LogP contribution < -0.4 is 4.46 Å². The second-order valence-electron chi connectivity index (χ2n) is 4.23. The van der Waals surface area contributed by atoms with E-state index >= 15 is 0 Å². The minimum atomic E-state index is -0.844. The van der Waals surface area contributed by atoms with Gasteiger partial charge in [-0.3, -0.25) is 0 Å². The summed E-state index contributed by atoms with van der Waals surface area (Å²) in [6.07, 6.45) is -0.844. The molecule has 3 nitrogen and oxygen atoms in total. The topological polar surface area (TPSA) is 46.5 Å². The molecular weight excluding hydrogens is 319 g/mol. The Morgan fingerprint density at radius 1 is 1.05 bits per heavy atom. The Morgan fingerprint density at radius 2 is 1.60 bits per heavy atom. The van der Waals surface area contributed by atoms with Crippen LogP contribution in [0.4, 0.5) is 0 Å². The van der Waals surface area contributed by atoms with Gasteiger partial charge in [0.25, 0.3) is 0 Å². The summed E-state index contributed by atoms with van der Waals surface area (Å²) in [6, 6.07) is 18.9. The molecule has 0 aliphatic carbocycles.